The van der Waals surface area contributed by atoms with E-state index in [1.165, 1.54) is 17.0 Å². The number of anilines is 1. The summed E-state index contributed by atoms with van der Waals surface area (Å²) in [7, 11) is 0. The summed E-state index contributed by atoms with van der Waals surface area (Å²) in [5.41, 5.74) is 0.306. The zero-order valence-corrected chi connectivity index (χ0v) is 10.8. The second kappa shape index (κ2) is 5.81. The number of nitrogens with zero attached hydrogens (tertiary/aromatic N) is 2. The van der Waals surface area contributed by atoms with E-state index in [1.807, 2.05) is 13.0 Å². The predicted molar refractivity (Wildman–Crippen MR) is 70.2 cm³/mol. The number of carbonyl (C=O) groups excluding carboxylic acids is 1. The Hall–Kier alpha value is -1.93. The summed E-state index contributed by atoms with van der Waals surface area (Å²) in [6, 6.07) is 5.97. The van der Waals surface area contributed by atoms with Gasteiger partial charge in [0.25, 0.3) is 0 Å². The van der Waals surface area contributed by atoms with Crippen molar-refractivity contribution in [2.75, 3.05) is 18.0 Å². The molecule has 1 aromatic rings. The van der Waals surface area contributed by atoms with Crippen LogP contribution in [0, 0.1) is 17.1 Å². The number of rotatable bonds is 4. The molecule has 1 N–H and O–H groups in total. The van der Waals surface area contributed by atoms with E-state index in [9.17, 15) is 9.18 Å². The minimum Gasteiger partial charge on any atom is -0.310 e. The van der Waals surface area contributed by atoms with E-state index in [1.54, 1.807) is 6.07 Å². The summed E-state index contributed by atoms with van der Waals surface area (Å²) in [6.07, 6.45) is 1.63. The smallest absolute Gasteiger partial charge is 0.244 e. The summed E-state index contributed by atoms with van der Waals surface area (Å²) < 4.78 is 13.6. The van der Waals surface area contributed by atoms with Crippen molar-refractivity contribution in [1.29, 1.82) is 5.26 Å². The molecule has 0 spiro atoms. The van der Waals surface area contributed by atoms with Gasteiger partial charge in [-0.25, -0.2) is 4.39 Å². The maximum Gasteiger partial charge on any atom is 0.244 e. The Morgan fingerprint density at radius 3 is 3.05 bits per heavy atom. The van der Waals surface area contributed by atoms with E-state index in [2.05, 4.69) is 5.32 Å². The number of nitriles is 1. The van der Waals surface area contributed by atoms with Crippen molar-refractivity contribution < 1.29 is 9.18 Å². The molecule has 1 atom stereocenters. The monoisotopic (exact) mass is 261 g/mol. The molecule has 0 aromatic heterocycles. The van der Waals surface area contributed by atoms with Gasteiger partial charge in [-0.1, -0.05) is 13.0 Å². The standard InChI is InChI=1S/C14H16FN3O/c1-2-7-17-12-6-8-18(14(12)19)13-5-3-4-11(15)10(13)9-16/h3-5,12,17H,2,6-8H2,1H3. The minimum absolute atomic E-state index is 0.0630. The molecule has 1 saturated heterocycles. The van der Waals surface area contributed by atoms with E-state index < -0.39 is 5.82 Å². The van der Waals surface area contributed by atoms with Gasteiger partial charge in [0.05, 0.1) is 11.7 Å². The summed E-state index contributed by atoms with van der Waals surface area (Å²) in [5, 5.41) is 12.2. The molecule has 1 heterocycles. The molecule has 0 radical (unpaired) electrons. The average Bonchev–Trinajstić information content (AvgIpc) is 2.77. The molecule has 0 saturated carbocycles. The lowest BCUT2D eigenvalue weighted by molar-refractivity contribution is -0.118. The van der Waals surface area contributed by atoms with Gasteiger partial charge in [0.15, 0.2) is 0 Å². The highest BCUT2D eigenvalue weighted by atomic mass is 19.1. The van der Waals surface area contributed by atoms with Gasteiger partial charge in [-0.2, -0.15) is 5.26 Å². The minimum atomic E-state index is -0.585. The molecule has 0 aliphatic carbocycles. The number of amides is 1. The van der Waals surface area contributed by atoms with Crippen LogP contribution < -0.4 is 10.2 Å². The first-order chi connectivity index (χ1) is 9.19. The highest BCUT2D eigenvalue weighted by Gasteiger charge is 2.33. The van der Waals surface area contributed by atoms with E-state index in [4.69, 9.17) is 5.26 Å². The van der Waals surface area contributed by atoms with Crippen molar-refractivity contribution in [1.82, 2.24) is 5.32 Å². The molecule has 0 bridgehead atoms. The van der Waals surface area contributed by atoms with E-state index >= 15 is 0 Å². The van der Waals surface area contributed by atoms with Gasteiger partial charge in [0.2, 0.25) is 5.91 Å². The molecular weight excluding hydrogens is 245 g/mol. The molecule has 1 aliphatic heterocycles. The third-order valence-electron chi connectivity index (χ3n) is 3.24. The third-order valence-corrected chi connectivity index (χ3v) is 3.24. The molecule has 100 valence electrons. The zero-order chi connectivity index (χ0) is 13.8. The fourth-order valence-corrected chi connectivity index (χ4v) is 2.28. The third kappa shape index (κ3) is 2.59. The Labute approximate surface area is 111 Å². The first kappa shape index (κ1) is 13.5. The highest BCUT2D eigenvalue weighted by Crippen LogP contribution is 2.26. The van der Waals surface area contributed by atoms with Gasteiger partial charge in [-0.15, -0.1) is 0 Å². The van der Waals surface area contributed by atoms with Gasteiger partial charge in [0, 0.05) is 6.54 Å². The van der Waals surface area contributed by atoms with Gasteiger partial charge < -0.3 is 10.2 Å². The Bertz CT molecular complexity index is 524. The molecule has 2 rings (SSSR count). The lowest BCUT2D eigenvalue weighted by Gasteiger charge is -2.18. The number of hydrogen-bond acceptors (Lipinski definition) is 3. The summed E-state index contributed by atoms with van der Waals surface area (Å²) >= 11 is 0. The van der Waals surface area contributed by atoms with Crippen LogP contribution in [0.5, 0.6) is 0 Å². The second-order valence-corrected chi connectivity index (χ2v) is 4.53. The maximum absolute atomic E-state index is 13.6. The van der Waals surface area contributed by atoms with Crippen LogP contribution >= 0.6 is 0 Å². The Morgan fingerprint density at radius 1 is 1.58 bits per heavy atom. The van der Waals surface area contributed by atoms with Crippen molar-refractivity contribution in [3.63, 3.8) is 0 Å². The van der Waals surface area contributed by atoms with Crippen LogP contribution in [-0.4, -0.2) is 25.0 Å². The molecule has 5 heteroatoms. The van der Waals surface area contributed by atoms with Gasteiger partial charge in [-0.05, 0) is 31.5 Å². The molecule has 4 nitrogen and oxygen atoms in total. The van der Waals surface area contributed by atoms with Crippen LogP contribution in [0.2, 0.25) is 0 Å². The van der Waals surface area contributed by atoms with Crippen LogP contribution in [0.3, 0.4) is 0 Å². The van der Waals surface area contributed by atoms with Crippen molar-refractivity contribution in [2.24, 2.45) is 0 Å². The largest absolute Gasteiger partial charge is 0.310 e. The van der Waals surface area contributed by atoms with E-state index in [0.717, 1.165) is 13.0 Å². The summed E-state index contributed by atoms with van der Waals surface area (Å²) in [5.74, 6) is -0.673. The Balaban J connectivity index is 2.23. The number of benzene rings is 1. The lowest BCUT2D eigenvalue weighted by atomic mass is 10.1. The predicted octanol–water partition coefficient (Wildman–Crippen LogP) is 1.80. The number of carbonyl (C=O) groups is 1. The molecule has 1 fully saturated rings. The maximum atomic E-state index is 13.6. The molecule has 19 heavy (non-hydrogen) atoms. The highest BCUT2D eigenvalue weighted by molar-refractivity contribution is 6.00. The van der Waals surface area contributed by atoms with Gasteiger partial charge in [-0.3, -0.25) is 4.79 Å². The van der Waals surface area contributed by atoms with Crippen LogP contribution in [0.1, 0.15) is 25.3 Å². The van der Waals surface area contributed by atoms with Crippen molar-refractivity contribution in [3.05, 3.63) is 29.6 Å². The number of nitrogens with one attached hydrogen (secondary N) is 1. The van der Waals surface area contributed by atoms with Crippen molar-refractivity contribution >= 4 is 11.6 Å². The van der Waals surface area contributed by atoms with Crippen LogP contribution in [0.15, 0.2) is 18.2 Å². The number of halogens is 1. The average molecular weight is 261 g/mol. The molecule has 1 unspecified atom stereocenters. The summed E-state index contributed by atoms with van der Waals surface area (Å²) in [6.45, 7) is 3.32. The molecular formula is C14H16FN3O. The molecule has 1 aliphatic rings. The van der Waals surface area contributed by atoms with E-state index in [-0.39, 0.29) is 17.5 Å². The van der Waals surface area contributed by atoms with Crippen LogP contribution in [-0.2, 0) is 4.79 Å². The fraction of sp³-hybridized carbons (Fsp3) is 0.429. The van der Waals surface area contributed by atoms with Crippen molar-refractivity contribution in [2.45, 2.75) is 25.8 Å². The summed E-state index contributed by atoms with van der Waals surface area (Å²) in [4.78, 5) is 13.7. The molecule has 1 aromatic carbocycles. The normalized spacial score (nSPS) is 18.7. The Kier molecular flexibility index (Phi) is 4.13. The lowest BCUT2D eigenvalue weighted by Crippen LogP contribution is -2.38. The first-order valence-electron chi connectivity index (χ1n) is 6.42. The quantitative estimate of drug-likeness (QED) is 0.899. The van der Waals surface area contributed by atoms with Gasteiger partial charge >= 0.3 is 0 Å². The number of hydrogen-bond donors (Lipinski definition) is 1. The van der Waals surface area contributed by atoms with Crippen LogP contribution in [0.4, 0.5) is 10.1 Å². The second-order valence-electron chi connectivity index (χ2n) is 4.53. The topological polar surface area (TPSA) is 56.1 Å². The zero-order valence-electron chi connectivity index (χ0n) is 10.8. The van der Waals surface area contributed by atoms with E-state index in [0.29, 0.717) is 18.7 Å². The first-order valence-corrected chi connectivity index (χ1v) is 6.42. The molecule has 1 amide bonds. The van der Waals surface area contributed by atoms with Crippen LogP contribution in [0.25, 0.3) is 0 Å². The van der Waals surface area contributed by atoms with Crippen molar-refractivity contribution in [3.8, 4) is 6.07 Å². The Morgan fingerprint density at radius 2 is 2.37 bits per heavy atom. The van der Waals surface area contributed by atoms with Gasteiger partial charge in [0.1, 0.15) is 17.4 Å². The fourth-order valence-electron chi connectivity index (χ4n) is 2.28. The SMILES string of the molecule is CCCNC1CCN(c2cccc(F)c2C#N)C1=O.